The van der Waals surface area contributed by atoms with Crippen LogP contribution >= 0.6 is 11.8 Å². The molecule has 2 amide bonds. The molecule has 1 N–H and O–H groups in total. The zero-order valence-electron chi connectivity index (χ0n) is 17.4. The maximum atomic E-state index is 13.8. The standard InChI is InChI=1S/C24H27FN2O3S/c25-19-5-3-4-18(16-19)24(10-13-30-14-11-24)17-26-22(28)8-9-23(29)27-12-15-31-21-7-2-1-6-20(21)27/h1-7,16H,8-15,17H2,(H,26,28). The number of halogens is 1. The third kappa shape index (κ3) is 5.10. The van der Waals surface area contributed by atoms with Gasteiger partial charge in [0.25, 0.3) is 0 Å². The number of carbonyl (C=O) groups is 2. The highest BCUT2D eigenvalue weighted by Gasteiger charge is 2.35. The van der Waals surface area contributed by atoms with E-state index < -0.39 is 0 Å². The predicted octanol–water partition coefficient (Wildman–Crippen LogP) is 3.91. The van der Waals surface area contributed by atoms with Gasteiger partial charge in [-0.3, -0.25) is 9.59 Å². The Morgan fingerprint density at radius 1 is 1.10 bits per heavy atom. The van der Waals surface area contributed by atoms with Gasteiger partial charge in [-0.25, -0.2) is 4.39 Å². The summed E-state index contributed by atoms with van der Waals surface area (Å²) in [4.78, 5) is 28.2. The highest BCUT2D eigenvalue weighted by Crippen LogP contribution is 2.35. The fraction of sp³-hybridized carbons (Fsp3) is 0.417. The second-order valence-electron chi connectivity index (χ2n) is 8.04. The van der Waals surface area contributed by atoms with Crippen molar-refractivity contribution in [3.05, 3.63) is 59.9 Å². The van der Waals surface area contributed by atoms with Gasteiger partial charge < -0.3 is 15.0 Å². The Labute approximate surface area is 186 Å². The van der Waals surface area contributed by atoms with Crippen molar-refractivity contribution in [3.8, 4) is 0 Å². The second kappa shape index (κ2) is 9.83. The van der Waals surface area contributed by atoms with E-state index in [9.17, 15) is 14.0 Å². The van der Waals surface area contributed by atoms with Crippen LogP contribution in [0.15, 0.2) is 53.4 Å². The molecule has 2 aliphatic rings. The highest BCUT2D eigenvalue weighted by atomic mass is 32.2. The minimum absolute atomic E-state index is 0.0335. The van der Waals surface area contributed by atoms with Gasteiger partial charge in [0, 0.05) is 55.2 Å². The number of hydrogen-bond acceptors (Lipinski definition) is 4. The van der Waals surface area contributed by atoms with Crippen LogP contribution in [0.2, 0.25) is 0 Å². The largest absolute Gasteiger partial charge is 0.381 e. The monoisotopic (exact) mass is 442 g/mol. The van der Waals surface area contributed by atoms with Crippen molar-refractivity contribution in [2.24, 2.45) is 0 Å². The molecule has 4 rings (SSSR count). The molecule has 0 saturated carbocycles. The molecule has 0 radical (unpaired) electrons. The number of ether oxygens (including phenoxy) is 1. The summed E-state index contributed by atoms with van der Waals surface area (Å²) in [6.45, 7) is 2.23. The number of nitrogens with one attached hydrogen (secondary N) is 1. The maximum Gasteiger partial charge on any atom is 0.227 e. The first-order valence-corrected chi connectivity index (χ1v) is 11.7. The number of anilines is 1. The molecule has 2 aliphatic heterocycles. The van der Waals surface area contributed by atoms with Crippen LogP contribution in [0, 0.1) is 5.82 Å². The summed E-state index contributed by atoms with van der Waals surface area (Å²) in [6, 6.07) is 14.5. The summed E-state index contributed by atoms with van der Waals surface area (Å²) in [5.74, 6) is 0.386. The van der Waals surface area contributed by atoms with Crippen LogP contribution in [0.1, 0.15) is 31.2 Å². The average Bonchev–Trinajstić information content (AvgIpc) is 2.81. The van der Waals surface area contributed by atoms with E-state index in [2.05, 4.69) is 5.32 Å². The molecule has 1 saturated heterocycles. The van der Waals surface area contributed by atoms with Crippen molar-refractivity contribution < 1.29 is 18.7 Å². The molecule has 7 heteroatoms. The molecule has 2 heterocycles. The smallest absolute Gasteiger partial charge is 0.227 e. The van der Waals surface area contributed by atoms with Crippen LogP contribution in [0.4, 0.5) is 10.1 Å². The molecule has 164 valence electrons. The van der Waals surface area contributed by atoms with Crippen molar-refractivity contribution in [3.63, 3.8) is 0 Å². The van der Waals surface area contributed by atoms with Gasteiger partial charge in [-0.05, 0) is 42.7 Å². The number of fused-ring (bicyclic) bond motifs is 1. The number of benzene rings is 2. The van der Waals surface area contributed by atoms with Gasteiger partial charge in [0.05, 0.1) is 5.69 Å². The van der Waals surface area contributed by atoms with Crippen molar-refractivity contribution >= 4 is 29.3 Å². The van der Waals surface area contributed by atoms with Crippen LogP contribution < -0.4 is 10.2 Å². The minimum atomic E-state index is -0.344. The Morgan fingerprint density at radius 3 is 2.71 bits per heavy atom. The van der Waals surface area contributed by atoms with Crippen LogP contribution in [0.5, 0.6) is 0 Å². The minimum Gasteiger partial charge on any atom is -0.381 e. The van der Waals surface area contributed by atoms with Gasteiger partial charge in [-0.15, -0.1) is 11.8 Å². The Hall–Kier alpha value is -2.38. The molecule has 5 nitrogen and oxygen atoms in total. The predicted molar refractivity (Wildman–Crippen MR) is 120 cm³/mol. The molecule has 2 aromatic rings. The van der Waals surface area contributed by atoms with Gasteiger partial charge in [-0.1, -0.05) is 24.3 Å². The van der Waals surface area contributed by atoms with E-state index in [0.29, 0.717) is 26.3 Å². The molecule has 1 fully saturated rings. The van der Waals surface area contributed by atoms with E-state index in [1.807, 2.05) is 30.3 Å². The van der Waals surface area contributed by atoms with Crippen molar-refractivity contribution in [1.82, 2.24) is 5.32 Å². The number of carbonyl (C=O) groups excluding carboxylic acids is 2. The number of rotatable bonds is 6. The molecule has 31 heavy (non-hydrogen) atoms. The first kappa shape index (κ1) is 21.8. The fourth-order valence-corrected chi connectivity index (χ4v) is 5.28. The van der Waals surface area contributed by atoms with Gasteiger partial charge in [-0.2, -0.15) is 0 Å². The van der Waals surface area contributed by atoms with Gasteiger partial charge >= 0.3 is 0 Å². The lowest BCUT2D eigenvalue weighted by Gasteiger charge is -2.38. The number of hydrogen-bond donors (Lipinski definition) is 1. The molecule has 0 atom stereocenters. The van der Waals surface area contributed by atoms with E-state index in [4.69, 9.17) is 4.74 Å². The van der Waals surface area contributed by atoms with Crippen LogP contribution in [-0.2, 0) is 19.7 Å². The van der Waals surface area contributed by atoms with Gasteiger partial charge in [0.15, 0.2) is 0 Å². The van der Waals surface area contributed by atoms with Crippen molar-refractivity contribution in [2.45, 2.75) is 36.0 Å². The Balaban J connectivity index is 1.35. The zero-order valence-corrected chi connectivity index (χ0v) is 18.3. The summed E-state index contributed by atoms with van der Waals surface area (Å²) in [7, 11) is 0. The van der Waals surface area contributed by atoms with Crippen molar-refractivity contribution in [2.75, 3.05) is 37.0 Å². The number of nitrogens with zero attached hydrogens (tertiary/aromatic N) is 1. The fourth-order valence-electron chi connectivity index (χ4n) is 4.29. The zero-order chi connectivity index (χ0) is 21.7. The molecule has 0 spiro atoms. The lowest BCUT2D eigenvalue weighted by Crippen LogP contribution is -2.45. The molecule has 0 bridgehead atoms. The number of amides is 2. The molecule has 0 aliphatic carbocycles. The molecular formula is C24H27FN2O3S. The molecule has 2 aromatic carbocycles. The quantitative estimate of drug-likeness (QED) is 0.737. The van der Waals surface area contributed by atoms with E-state index >= 15 is 0 Å². The summed E-state index contributed by atoms with van der Waals surface area (Å²) >= 11 is 1.75. The maximum absolute atomic E-state index is 13.8. The second-order valence-corrected chi connectivity index (χ2v) is 9.18. The summed E-state index contributed by atoms with van der Waals surface area (Å²) < 4.78 is 19.3. The first-order valence-electron chi connectivity index (χ1n) is 10.7. The lowest BCUT2D eigenvalue weighted by atomic mass is 9.74. The summed E-state index contributed by atoms with van der Waals surface area (Å²) in [5, 5.41) is 3.00. The van der Waals surface area contributed by atoms with E-state index in [0.717, 1.165) is 34.7 Å². The summed E-state index contributed by atoms with van der Waals surface area (Å²) in [6.07, 6.45) is 1.75. The van der Waals surface area contributed by atoms with E-state index in [1.165, 1.54) is 6.07 Å². The van der Waals surface area contributed by atoms with Gasteiger partial charge in [0.2, 0.25) is 11.8 Å². The molecular weight excluding hydrogens is 415 g/mol. The third-order valence-electron chi connectivity index (χ3n) is 6.11. The van der Waals surface area contributed by atoms with E-state index in [-0.39, 0.29) is 35.9 Å². The Kier molecular flexibility index (Phi) is 6.92. The van der Waals surface area contributed by atoms with Crippen LogP contribution in [0.3, 0.4) is 0 Å². The van der Waals surface area contributed by atoms with E-state index in [1.54, 1.807) is 28.8 Å². The first-order chi connectivity index (χ1) is 15.1. The molecule has 0 aromatic heterocycles. The lowest BCUT2D eigenvalue weighted by molar-refractivity contribution is -0.125. The normalized spacial score (nSPS) is 17.6. The van der Waals surface area contributed by atoms with Crippen molar-refractivity contribution in [1.29, 1.82) is 0 Å². The number of thioether (sulfide) groups is 1. The SMILES string of the molecule is O=C(CCC(=O)N1CCSc2ccccc21)NCC1(c2cccc(F)c2)CCOCC1. The topological polar surface area (TPSA) is 58.6 Å². The van der Waals surface area contributed by atoms with Gasteiger partial charge in [0.1, 0.15) is 5.82 Å². The van der Waals surface area contributed by atoms with Crippen LogP contribution in [-0.4, -0.2) is 43.9 Å². The molecule has 0 unspecified atom stereocenters. The Morgan fingerprint density at radius 2 is 1.90 bits per heavy atom. The highest BCUT2D eigenvalue weighted by molar-refractivity contribution is 7.99. The Bertz CT molecular complexity index is 946. The number of para-hydroxylation sites is 1. The third-order valence-corrected chi connectivity index (χ3v) is 7.15. The average molecular weight is 443 g/mol. The summed E-state index contributed by atoms with van der Waals surface area (Å²) in [5.41, 5.74) is 1.47. The van der Waals surface area contributed by atoms with Crippen LogP contribution in [0.25, 0.3) is 0 Å².